The lowest BCUT2D eigenvalue weighted by Gasteiger charge is -2.20. The summed E-state index contributed by atoms with van der Waals surface area (Å²) in [5, 5.41) is 2.73. The lowest BCUT2D eigenvalue weighted by Crippen LogP contribution is -2.34. The normalized spacial score (nSPS) is 12.4. The molecule has 1 N–H and O–H groups in total. The molecule has 0 aromatic carbocycles. The number of hydrogen-bond acceptors (Lipinski definition) is 3. The number of amides is 1. The summed E-state index contributed by atoms with van der Waals surface area (Å²) in [4.78, 5) is 11.2. The van der Waals surface area contributed by atoms with Crippen molar-refractivity contribution >= 4 is 17.9 Å². The standard InChI is InChI=1S/C11H23NO2S/c1-10(2,3)14-9(13)12-7-8-15-11(4,5)6/h7-8H2,1-6H3,(H,12,13). The molecule has 4 heteroatoms. The van der Waals surface area contributed by atoms with Gasteiger partial charge in [0.25, 0.3) is 0 Å². The van der Waals surface area contributed by atoms with Gasteiger partial charge in [-0.05, 0) is 20.8 Å². The predicted molar refractivity (Wildman–Crippen MR) is 66.4 cm³/mol. The molecule has 0 saturated carbocycles. The molecule has 0 aliphatic heterocycles. The maximum absolute atomic E-state index is 11.2. The van der Waals surface area contributed by atoms with Gasteiger partial charge in [-0.1, -0.05) is 20.8 Å². The molecule has 0 unspecified atom stereocenters. The van der Waals surface area contributed by atoms with Crippen molar-refractivity contribution in [2.24, 2.45) is 0 Å². The lowest BCUT2D eigenvalue weighted by molar-refractivity contribution is 0.0531. The van der Waals surface area contributed by atoms with Crippen LogP contribution in [0.15, 0.2) is 0 Å². The third kappa shape index (κ3) is 11.5. The van der Waals surface area contributed by atoms with Crippen molar-refractivity contribution in [1.29, 1.82) is 0 Å². The van der Waals surface area contributed by atoms with Crippen LogP contribution in [0.25, 0.3) is 0 Å². The highest BCUT2D eigenvalue weighted by molar-refractivity contribution is 8.00. The van der Waals surface area contributed by atoms with E-state index in [2.05, 4.69) is 26.1 Å². The zero-order valence-electron chi connectivity index (χ0n) is 10.6. The fourth-order valence-corrected chi connectivity index (χ4v) is 1.64. The second kappa shape index (κ2) is 5.64. The number of alkyl carbamates (subject to hydrolysis) is 1. The van der Waals surface area contributed by atoms with E-state index < -0.39 is 5.60 Å². The van der Waals surface area contributed by atoms with Crippen molar-refractivity contribution in [3.05, 3.63) is 0 Å². The summed E-state index contributed by atoms with van der Waals surface area (Å²) in [5.41, 5.74) is -0.415. The van der Waals surface area contributed by atoms with Crippen molar-refractivity contribution in [3.8, 4) is 0 Å². The van der Waals surface area contributed by atoms with Crippen LogP contribution in [0, 0.1) is 0 Å². The van der Waals surface area contributed by atoms with Gasteiger partial charge in [0.15, 0.2) is 0 Å². The molecule has 0 spiro atoms. The number of hydrogen-bond donors (Lipinski definition) is 1. The summed E-state index contributed by atoms with van der Waals surface area (Å²) < 4.78 is 5.36. The highest BCUT2D eigenvalue weighted by atomic mass is 32.2. The zero-order chi connectivity index (χ0) is 12.1. The molecule has 0 aliphatic carbocycles. The molecule has 3 nitrogen and oxygen atoms in total. The van der Waals surface area contributed by atoms with E-state index >= 15 is 0 Å². The zero-order valence-corrected chi connectivity index (χ0v) is 11.5. The van der Waals surface area contributed by atoms with Crippen LogP contribution in [0.3, 0.4) is 0 Å². The van der Waals surface area contributed by atoms with Gasteiger partial charge >= 0.3 is 6.09 Å². The van der Waals surface area contributed by atoms with Crippen LogP contribution in [0.1, 0.15) is 41.5 Å². The van der Waals surface area contributed by atoms with Gasteiger partial charge in [0.1, 0.15) is 5.60 Å². The molecule has 1 amide bonds. The molecule has 0 fully saturated rings. The van der Waals surface area contributed by atoms with Crippen molar-refractivity contribution < 1.29 is 9.53 Å². The molecule has 0 radical (unpaired) electrons. The smallest absolute Gasteiger partial charge is 0.407 e. The quantitative estimate of drug-likeness (QED) is 0.761. The van der Waals surface area contributed by atoms with Crippen LogP contribution >= 0.6 is 11.8 Å². The first-order chi connectivity index (χ1) is 6.60. The van der Waals surface area contributed by atoms with Gasteiger partial charge in [-0.2, -0.15) is 11.8 Å². The van der Waals surface area contributed by atoms with Crippen molar-refractivity contribution in [1.82, 2.24) is 5.32 Å². The topological polar surface area (TPSA) is 38.3 Å². The van der Waals surface area contributed by atoms with E-state index in [-0.39, 0.29) is 10.8 Å². The Morgan fingerprint density at radius 3 is 2.13 bits per heavy atom. The summed E-state index contributed by atoms with van der Waals surface area (Å²) in [6.07, 6.45) is -0.336. The van der Waals surface area contributed by atoms with E-state index in [1.807, 2.05) is 32.5 Å². The molecule has 0 aromatic heterocycles. The average Bonchev–Trinajstić information content (AvgIpc) is 1.92. The molecule has 0 bridgehead atoms. The van der Waals surface area contributed by atoms with E-state index in [4.69, 9.17) is 4.74 Å². The van der Waals surface area contributed by atoms with Crippen LogP contribution < -0.4 is 5.32 Å². The molecule has 0 rings (SSSR count). The summed E-state index contributed by atoms with van der Waals surface area (Å²) in [6.45, 7) is 12.7. The van der Waals surface area contributed by atoms with Gasteiger partial charge in [-0.3, -0.25) is 0 Å². The minimum Gasteiger partial charge on any atom is -0.444 e. The fourth-order valence-electron chi connectivity index (χ4n) is 0.824. The Balaban J connectivity index is 3.57. The largest absolute Gasteiger partial charge is 0.444 e. The van der Waals surface area contributed by atoms with Crippen LogP contribution in [0.5, 0.6) is 0 Å². The van der Waals surface area contributed by atoms with Gasteiger partial charge in [0.2, 0.25) is 0 Å². The summed E-state index contributed by atoms with van der Waals surface area (Å²) in [5.74, 6) is 0.905. The second-order valence-electron chi connectivity index (χ2n) is 5.39. The Bertz CT molecular complexity index is 204. The minimum absolute atomic E-state index is 0.246. The Morgan fingerprint density at radius 1 is 1.20 bits per heavy atom. The van der Waals surface area contributed by atoms with Crippen molar-refractivity contribution in [2.75, 3.05) is 12.3 Å². The highest BCUT2D eigenvalue weighted by Crippen LogP contribution is 2.22. The lowest BCUT2D eigenvalue weighted by atomic mass is 10.2. The van der Waals surface area contributed by atoms with Crippen LogP contribution in [-0.2, 0) is 4.74 Å². The number of thioether (sulfide) groups is 1. The molecule has 0 saturated heterocycles. The Kier molecular flexibility index (Phi) is 5.49. The average molecular weight is 233 g/mol. The first-order valence-corrected chi connectivity index (χ1v) is 6.19. The number of carbonyl (C=O) groups excluding carboxylic acids is 1. The predicted octanol–water partition coefficient (Wildman–Crippen LogP) is 3.04. The first-order valence-electron chi connectivity index (χ1n) is 5.21. The van der Waals surface area contributed by atoms with Gasteiger partial charge in [-0.15, -0.1) is 0 Å². The van der Waals surface area contributed by atoms with Gasteiger partial charge in [0, 0.05) is 17.0 Å². The summed E-state index contributed by atoms with van der Waals surface area (Å²) >= 11 is 1.82. The highest BCUT2D eigenvalue weighted by Gasteiger charge is 2.16. The maximum Gasteiger partial charge on any atom is 0.407 e. The molecule has 90 valence electrons. The molecular weight excluding hydrogens is 210 g/mol. The van der Waals surface area contributed by atoms with Crippen LogP contribution in [0.2, 0.25) is 0 Å². The Morgan fingerprint density at radius 2 is 1.73 bits per heavy atom. The van der Waals surface area contributed by atoms with E-state index in [1.54, 1.807) is 0 Å². The molecule has 15 heavy (non-hydrogen) atoms. The Hall–Kier alpha value is -0.380. The second-order valence-corrected chi connectivity index (χ2v) is 7.31. The number of rotatable bonds is 3. The third-order valence-corrected chi connectivity index (χ3v) is 2.58. The van der Waals surface area contributed by atoms with Crippen LogP contribution in [-0.4, -0.2) is 28.7 Å². The first kappa shape index (κ1) is 14.6. The third-order valence-electron chi connectivity index (χ3n) is 1.31. The van der Waals surface area contributed by atoms with Crippen molar-refractivity contribution in [3.63, 3.8) is 0 Å². The SMILES string of the molecule is CC(C)(C)OC(=O)NCCSC(C)(C)C. The maximum atomic E-state index is 11.2. The van der Waals surface area contributed by atoms with Gasteiger partial charge in [-0.25, -0.2) is 4.79 Å². The number of nitrogens with one attached hydrogen (secondary N) is 1. The fraction of sp³-hybridized carbons (Fsp3) is 0.909. The van der Waals surface area contributed by atoms with E-state index in [0.29, 0.717) is 6.54 Å². The molecule has 0 atom stereocenters. The Labute approximate surface area is 97.3 Å². The summed E-state index contributed by atoms with van der Waals surface area (Å²) in [7, 11) is 0. The molecular formula is C11H23NO2S. The van der Waals surface area contributed by atoms with Gasteiger partial charge < -0.3 is 10.1 Å². The molecule has 0 aromatic rings. The van der Waals surface area contributed by atoms with Crippen molar-refractivity contribution in [2.45, 2.75) is 51.9 Å². The number of carbonyl (C=O) groups is 1. The molecule has 0 heterocycles. The monoisotopic (exact) mass is 233 g/mol. The molecule has 0 aliphatic rings. The van der Waals surface area contributed by atoms with E-state index in [0.717, 1.165) is 5.75 Å². The van der Waals surface area contributed by atoms with E-state index in [1.165, 1.54) is 0 Å². The summed E-state index contributed by atoms with van der Waals surface area (Å²) in [6, 6.07) is 0. The number of ether oxygens (including phenoxy) is 1. The van der Waals surface area contributed by atoms with Gasteiger partial charge in [0.05, 0.1) is 0 Å². The van der Waals surface area contributed by atoms with E-state index in [9.17, 15) is 4.79 Å². The minimum atomic E-state index is -0.415. The van der Waals surface area contributed by atoms with Crippen LogP contribution in [0.4, 0.5) is 4.79 Å².